The summed E-state index contributed by atoms with van der Waals surface area (Å²) >= 11 is 0. The predicted molar refractivity (Wildman–Crippen MR) is 96.7 cm³/mol. The summed E-state index contributed by atoms with van der Waals surface area (Å²) < 4.78 is 0. The van der Waals surface area contributed by atoms with Crippen LogP contribution in [0, 0.1) is 17.8 Å². The van der Waals surface area contributed by atoms with Gasteiger partial charge < -0.3 is 15.5 Å². The molecular formula is C19H35N3O2. The Morgan fingerprint density at radius 1 is 1.00 bits per heavy atom. The zero-order chi connectivity index (χ0) is 17.5. The van der Waals surface area contributed by atoms with Gasteiger partial charge in [-0.1, -0.05) is 40.0 Å². The standard InChI is InChI=1S/C19H35N3O2/c1-4-15-5-7-16(8-6-15)13-20-19(24)22-11-9-17(10-12-22)21-18(23)14(2)3/h14-17H,4-13H2,1-3H3,(H,20,24)(H,21,23). The summed E-state index contributed by atoms with van der Waals surface area (Å²) in [5.74, 6) is 1.69. The topological polar surface area (TPSA) is 61.4 Å². The van der Waals surface area contributed by atoms with Crippen LogP contribution in [0.3, 0.4) is 0 Å². The minimum absolute atomic E-state index is 0.0223. The second-order valence-electron chi connectivity index (χ2n) is 7.91. The molecule has 24 heavy (non-hydrogen) atoms. The van der Waals surface area contributed by atoms with E-state index >= 15 is 0 Å². The van der Waals surface area contributed by atoms with Crippen LogP contribution in [0.15, 0.2) is 0 Å². The van der Waals surface area contributed by atoms with Crippen LogP contribution in [0.2, 0.25) is 0 Å². The van der Waals surface area contributed by atoms with E-state index in [9.17, 15) is 9.59 Å². The number of nitrogens with one attached hydrogen (secondary N) is 2. The first-order valence-corrected chi connectivity index (χ1v) is 9.82. The fourth-order valence-corrected chi connectivity index (χ4v) is 3.78. The van der Waals surface area contributed by atoms with E-state index in [0.29, 0.717) is 5.92 Å². The lowest BCUT2D eigenvalue weighted by Gasteiger charge is -2.33. The van der Waals surface area contributed by atoms with E-state index < -0.39 is 0 Å². The lowest BCUT2D eigenvalue weighted by molar-refractivity contribution is -0.124. The first kappa shape index (κ1) is 19.1. The lowest BCUT2D eigenvalue weighted by Crippen LogP contribution is -2.50. The van der Waals surface area contributed by atoms with Crippen LogP contribution in [0.4, 0.5) is 4.79 Å². The van der Waals surface area contributed by atoms with Crippen molar-refractivity contribution >= 4 is 11.9 Å². The fourth-order valence-electron chi connectivity index (χ4n) is 3.78. The van der Waals surface area contributed by atoms with Crippen molar-refractivity contribution in [3.05, 3.63) is 0 Å². The van der Waals surface area contributed by atoms with Crippen molar-refractivity contribution in [2.24, 2.45) is 17.8 Å². The average molecular weight is 338 g/mol. The van der Waals surface area contributed by atoms with Crippen molar-refractivity contribution in [2.75, 3.05) is 19.6 Å². The zero-order valence-electron chi connectivity index (χ0n) is 15.6. The predicted octanol–water partition coefficient (Wildman–Crippen LogP) is 3.15. The summed E-state index contributed by atoms with van der Waals surface area (Å²) in [5.41, 5.74) is 0. The lowest BCUT2D eigenvalue weighted by atomic mass is 9.81. The van der Waals surface area contributed by atoms with E-state index in [4.69, 9.17) is 0 Å². The number of nitrogens with zero attached hydrogens (tertiary/aromatic N) is 1. The molecule has 2 aliphatic rings. The van der Waals surface area contributed by atoms with Gasteiger partial charge in [0.1, 0.15) is 0 Å². The van der Waals surface area contributed by atoms with Gasteiger partial charge in [-0.3, -0.25) is 4.79 Å². The van der Waals surface area contributed by atoms with Gasteiger partial charge in [-0.25, -0.2) is 4.79 Å². The van der Waals surface area contributed by atoms with E-state index in [1.807, 2.05) is 18.7 Å². The van der Waals surface area contributed by atoms with Gasteiger partial charge in [0, 0.05) is 31.6 Å². The minimum atomic E-state index is 0.0223. The molecule has 0 atom stereocenters. The van der Waals surface area contributed by atoms with E-state index in [-0.39, 0.29) is 23.9 Å². The summed E-state index contributed by atoms with van der Waals surface area (Å²) in [6, 6.07) is 0.287. The molecule has 2 fully saturated rings. The summed E-state index contributed by atoms with van der Waals surface area (Å²) in [5, 5.41) is 6.20. The average Bonchev–Trinajstić information content (AvgIpc) is 2.60. The number of hydrogen-bond acceptors (Lipinski definition) is 2. The SMILES string of the molecule is CCC1CCC(CNC(=O)N2CCC(NC(=O)C(C)C)CC2)CC1. The number of carbonyl (C=O) groups is 2. The van der Waals surface area contributed by atoms with Crippen LogP contribution in [0.5, 0.6) is 0 Å². The van der Waals surface area contributed by atoms with Crippen molar-refractivity contribution < 1.29 is 9.59 Å². The van der Waals surface area contributed by atoms with Gasteiger partial charge in [0.2, 0.25) is 5.91 Å². The molecule has 0 radical (unpaired) electrons. The smallest absolute Gasteiger partial charge is 0.317 e. The number of hydrogen-bond donors (Lipinski definition) is 2. The molecule has 0 unspecified atom stereocenters. The fraction of sp³-hybridized carbons (Fsp3) is 0.895. The van der Waals surface area contributed by atoms with Crippen LogP contribution in [0.1, 0.15) is 65.7 Å². The molecule has 0 spiro atoms. The van der Waals surface area contributed by atoms with E-state index in [1.54, 1.807) is 0 Å². The highest BCUT2D eigenvalue weighted by Crippen LogP contribution is 2.30. The maximum Gasteiger partial charge on any atom is 0.317 e. The molecular weight excluding hydrogens is 302 g/mol. The summed E-state index contributed by atoms with van der Waals surface area (Å²) in [7, 11) is 0. The van der Waals surface area contributed by atoms with Gasteiger partial charge in [-0.15, -0.1) is 0 Å². The molecule has 1 aliphatic heterocycles. The summed E-state index contributed by atoms with van der Waals surface area (Å²) in [4.78, 5) is 26.0. The molecule has 2 rings (SSSR count). The molecule has 1 heterocycles. The van der Waals surface area contributed by atoms with E-state index in [0.717, 1.165) is 38.4 Å². The monoisotopic (exact) mass is 337 g/mol. The van der Waals surface area contributed by atoms with Gasteiger partial charge in [-0.2, -0.15) is 0 Å². The van der Waals surface area contributed by atoms with Crippen molar-refractivity contribution in [1.82, 2.24) is 15.5 Å². The number of amides is 3. The molecule has 5 heteroatoms. The number of piperidine rings is 1. The highest BCUT2D eigenvalue weighted by atomic mass is 16.2. The van der Waals surface area contributed by atoms with Gasteiger partial charge in [0.25, 0.3) is 0 Å². The minimum Gasteiger partial charge on any atom is -0.353 e. The molecule has 0 aromatic carbocycles. The van der Waals surface area contributed by atoms with Crippen LogP contribution < -0.4 is 10.6 Å². The van der Waals surface area contributed by atoms with Crippen molar-refractivity contribution in [2.45, 2.75) is 71.8 Å². The van der Waals surface area contributed by atoms with E-state index in [1.165, 1.54) is 32.1 Å². The largest absolute Gasteiger partial charge is 0.353 e. The third-order valence-electron chi connectivity index (χ3n) is 5.74. The highest BCUT2D eigenvalue weighted by molar-refractivity contribution is 5.78. The Kier molecular flexibility index (Phi) is 7.38. The Bertz CT molecular complexity index is 409. The van der Waals surface area contributed by atoms with Gasteiger partial charge >= 0.3 is 6.03 Å². The number of rotatable bonds is 5. The van der Waals surface area contributed by atoms with Crippen LogP contribution >= 0.6 is 0 Å². The van der Waals surface area contributed by atoms with Gasteiger partial charge in [0.15, 0.2) is 0 Å². The molecule has 138 valence electrons. The van der Waals surface area contributed by atoms with Crippen LogP contribution in [-0.2, 0) is 4.79 Å². The maximum absolute atomic E-state index is 12.3. The molecule has 0 aromatic heterocycles. The molecule has 2 N–H and O–H groups in total. The third-order valence-corrected chi connectivity index (χ3v) is 5.74. The molecule has 0 aromatic rings. The molecule has 3 amide bonds. The maximum atomic E-state index is 12.3. The number of likely N-dealkylation sites (tertiary alicyclic amines) is 1. The quantitative estimate of drug-likeness (QED) is 0.809. The normalized spacial score (nSPS) is 25.6. The van der Waals surface area contributed by atoms with Crippen molar-refractivity contribution in [1.29, 1.82) is 0 Å². The molecule has 1 saturated carbocycles. The number of urea groups is 1. The number of carbonyl (C=O) groups excluding carboxylic acids is 2. The second-order valence-corrected chi connectivity index (χ2v) is 7.91. The Labute approximate surface area is 146 Å². The van der Waals surface area contributed by atoms with Gasteiger partial charge in [0.05, 0.1) is 0 Å². The Morgan fingerprint density at radius 3 is 2.12 bits per heavy atom. The first-order chi connectivity index (χ1) is 11.5. The van der Waals surface area contributed by atoms with Crippen LogP contribution in [0.25, 0.3) is 0 Å². The van der Waals surface area contributed by atoms with Crippen LogP contribution in [-0.4, -0.2) is 42.5 Å². The second kappa shape index (κ2) is 9.28. The Hall–Kier alpha value is -1.26. The molecule has 1 saturated heterocycles. The zero-order valence-corrected chi connectivity index (χ0v) is 15.6. The Balaban J connectivity index is 1.63. The Morgan fingerprint density at radius 2 is 1.58 bits per heavy atom. The van der Waals surface area contributed by atoms with Crippen molar-refractivity contribution in [3.63, 3.8) is 0 Å². The van der Waals surface area contributed by atoms with Gasteiger partial charge in [-0.05, 0) is 37.5 Å². The summed E-state index contributed by atoms with van der Waals surface area (Å²) in [6.07, 6.45) is 8.14. The first-order valence-electron chi connectivity index (χ1n) is 9.82. The van der Waals surface area contributed by atoms with Crippen molar-refractivity contribution in [3.8, 4) is 0 Å². The summed E-state index contributed by atoms with van der Waals surface area (Å²) in [6.45, 7) is 8.38. The molecule has 5 nitrogen and oxygen atoms in total. The molecule has 0 bridgehead atoms. The molecule has 1 aliphatic carbocycles. The third kappa shape index (κ3) is 5.67. The van der Waals surface area contributed by atoms with E-state index in [2.05, 4.69) is 17.6 Å². The highest BCUT2D eigenvalue weighted by Gasteiger charge is 2.25.